The third-order valence-corrected chi connectivity index (χ3v) is 6.24. The molecule has 1 aliphatic heterocycles. The van der Waals surface area contributed by atoms with Gasteiger partial charge in [0.15, 0.2) is 0 Å². The summed E-state index contributed by atoms with van der Waals surface area (Å²) in [7, 11) is 0. The predicted molar refractivity (Wildman–Crippen MR) is 105 cm³/mol. The molecule has 0 aromatic heterocycles. The number of rotatable bonds is 7. The molecule has 1 amide bonds. The molecule has 5 nitrogen and oxygen atoms in total. The van der Waals surface area contributed by atoms with Crippen LogP contribution in [0.3, 0.4) is 0 Å². The Morgan fingerprint density at radius 1 is 1.19 bits per heavy atom. The van der Waals surface area contributed by atoms with E-state index in [2.05, 4.69) is 24.4 Å². The largest absolute Gasteiger partial charge is 0.480 e. The molecule has 148 valence electrons. The molecule has 3 rings (SSSR count). The lowest BCUT2D eigenvalue weighted by Gasteiger charge is -2.35. The molecule has 2 unspecified atom stereocenters. The zero-order valence-electron chi connectivity index (χ0n) is 16.4. The summed E-state index contributed by atoms with van der Waals surface area (Å²) in [5, 5.41) is 13.0. The van der Waals surface area contributed by atoms with Gasteiger partial charge in [0.1, 0.15) is 6.04 Å². The SMILES string of the molecule is CC(CCc1ccccc1)N[C@@H](C)C(=O)N1[C@@H](C(=O)O)CC2CCCC[C@H]21. The quantitative estimate of drug-likeness (QED) is 0.771. The lowest BCUT2D eigenvalue weighted by molar-refractivity contribution is -0.150. The second-order valence-corrected chi connectivity index (χ2v) is 8.26. The Balaban J connectivity index is 1.58. The normalized spacial score (nSPS) is 27.0. The van der Waals surface area contributed by atoms with Crippen LogP contribution in [0.25, 0.3) is 0 Å². The molecule has 5 atom stereocenters. The van der Waals surface area contributed by atoms with Crippen molar-refractivity contribution in [3.05, 3.63) is 35.9 Å². The van der Waals surface area contributed by atoms with Crippen molar-refractivity contribution in [3.63, 3.8) is 0 Å². The third-order valence-electron chi connectivity index (χ3n) is 6.24. The highest BCUT2D eigenvalue weighted by atomic mass is 16.4. The van der Waals surface area contributed by atoms with E-state index in [0.717, 1.165) is 38.5 Å². The number of amides is 1. The summed E-state index contributed by atoms with van der Waals surface area (Å²) in [6, 6.07) is 9.61. The molecule has 2 aliphatic rings. The lowest BCUT2D eigenvalue weighted by Crippen LogP contribution is -2.54. The summed E-state index contributed by atoms with van der Waals surface area (Å²) in [4.78, 5) is 26.6. The highest BCUT2D eigenvalue weighted by molar-refractivity contribution is 5.87. The summed E-state index contributed by atoms with van der Waals surface area (Å²) in [5.41, 5.74) is 1.29. The first-order chi connectivity index (χ1) is 13.0. The first kappa shape index (κ1) is 19.9. The minimum Gasteiger partial charge on any atom is -0.480 e. The second-order valence-electron chi connectivity index (χ2n) is 8.26. The van der Waals surface area contributed by atoms with Crippen LogP contribution in [-0.4, -0.2) is 46.1 Å². The monoisotopic (exact) mass is 372 g/mol. The van der Waals surface area contributed by atoms with Crippen LogP contribution in [0.5, 0.6) is 0 Å². The number of carbonyl (C=O) groups excluding carboxylic acids is 1. The Labute approximate surface area is 162 Å². The van der Waals surface area contributed by atoms with E-state index < -0.39 is 12.0 Å². The number of carboxylic acids is 1. The van der Waals surface area contributed by atoms with Gasteiger partial charge in [0, 0.05) is 12.1 Å². The van der Waals surface area contributed by atoms with Crippen molar-refractivity contribution in [2.24, 2.45) is 5.92 Å². The van der Waals surface area contributed by atoms with E-state index in [9.17, 15) is 14.7 Å². The van der Waals surface area contributed by atoms with E-state index >= 15 is 0 Å². The zero-order valence-corrected chi connectivity index (χ0v) is 16.4. The molecule has 0 radical (unpaired) electrons. The van der Waals surface area contributed by atoms with E-state index in [0.29, 0.717) is 12.3 Å². The van der Waals surface area contributed by atoms with Crippen LogP contribution < -0.4 is 5.32 Å². The molecule has 2 N–H and O–H groups in total. The van der Waals surface area contributed by atoms with Gasteiger partial charge in [-0.3, -0.25) is 4.79 Å². The van der Waals surface area contributed by atoms with E-state index in [1.165, 1.54) is 5.56 Å². The molecule has 1 saturated carbocycles. The fourth-order valence-electron chi connectivity index (χ4n) is 4.83. The maximum atomic E-state index is 13.1. The smallest absolute Gasteiger partial charge is 0.326 e. The molecule has 5 heteroatoms. The predicted octanol–water partition coefficient (Wildman–Crippen LogP) is 3.23. The Bertz CT molecular complexity index is 648. The number of carboxylic acid groups (broad SMARTS) is 1. The second kappa shape index (κ2) is 8.87. The highest BCUT2D eigenvalue weighted by Crippen LogP contribution is 2.40. The summed E-state index contributed by atoms with van der Waals surface area (Å²) in [6.45, 7) is 3.96. The van der Waals surface area contributed by atoms with Crippen LogP contribution in [-0.2, 0) is 16.0 Å². The fraction of sp³-hybridized carbons (Fsp3) is 0.636. The lowest BCUT2D eigenvalue weighted by atomic mass is 9.84. The summed E-state index contributed by atoms with van der Waals surface area (Å²) in [5.74, 6) is -0.558. The Hall–Kier alpha value is -1.88. The number of aliphatic carboxylic acids is 1. The van der Waals surface area contributed by atoms with Crippen LogP contribution in [0.2, 0.25) is 0 Å². The summed E-state index contributed by atoms with van der Waals surface area (Å²) < 4.78 is 0. The molecule has 0 spiro atoms. The van der Waals surface area contributed by atoms with Gasteiger partial charge >= 0.3 is 5.97 Å². The highest BCUT2D eigenvalue weighted by Gasteiger charge is 2.48. The van der Waals surface area contributed by atoms with Gasteiger partial charge < -0.3 is 15.3 Å². The van der Waals surface area contributed by atoms with Gasteiger partial charge in [-0.05, 0) is 57.4 Å². The van der Waals surface area contributed by atoms with Gasteiger partial charge in [-0.15, -0.1) is 0 Å². The number of nitrogens with zero attached hydrogens (tertiary/aromatic N) is 1. The molecular formula is C22H32N2O3. The third kappa shape index (κ3) is 4.70. The van der Waals surface area contributed by atoms with Crippen molar-refractivity contribution in [2.75, 3.05) is 0 Å². The number of likely N-dealkylation sites (tertiary alicyclic amines) is 1. The number of hydrogen-bond donors (Lipinski definition) is 2. The molecule has 1 aromatic carbocycles. The minimum absolute atomic E-state index is 0.0524. The number of fused-ring (bicyclic) bond motifs is 1. The molecule has 27 heavy (non-hydrogen) atoms. The number of benzene rings is 1. The number of aryl methyl sites for hydroxylation is 1. The van der Waals surface area contributed by atoms with Crippen molar-refractivity contribution in [3.8, 4) is 0 Å². The average Bonchev–Trinajstić information content (AvgIpc) is 3.06. The molecule has 1 aliphatic carbocycles. The zero-order chi connectivity index (χ0) is 19.4. The minimum atomic E-state index is -0.859. The van der Waals surface area contributed by atoms with Crippen molar-refractivity contribution < 1.29 is 14.7 Å². The Morgan fingerprint density at radius 2 is 1.89 bits per heavy atom. The van der Waals surface area contributed by atoms with E-state index in [1.807, 2.05) is 25.1 Å². The topological polar surface area (TPSA) is 69.6 Å². The van der Waals surface area contributed by atoms with Gasteiger partial charge in [-0.2, -0.15) is 0 Å². The van der Waals surface area contributed by atoms with E-state index in [1.54, 1.807) is 4.90 Å². The van der Waals surface area contributed by atoms with Gasteiger partial charge in [0.2, 0.25) is 5.91 Å². The van der Waals surface area contributed by atoms with Crippen LogP contribution in [0, 0.1) is 5.92 Å². The first-order valence-corrected chi connectivity index (χ1v) is 10.3. The van der Waals surface area contributed by atoms with Crippen molar-refractivity contribution in [1.29, 1.82) is 0 Å². The first-order valence-electron chi connectivity index (χ1n) is 10.3. The van der Waals surface area contributed by atoms with Gasteiger partial charge in [-0.25, -0.2) is 4.79 Å². The van der Waals surface area contributed by atoms with Gasteiger partial charge in [0.05, 0.1) is 6.04 Å². The maximum Gasteiger partial charge on any atom is 0.326 e. The number of carbonyl (C=O) groups is 2. The average molecular weight is 373 g/mol. The molecule has 1 aromatic rings. The fourth-order valence-corrected chi connectivity index (χ4v) is 4.83. The number of hydrogen-bond acceptors (Lipinski definition) is 3. The van der Waals surface area contributed by atoms with E-state index in [-0.39, 0.29) is 24.0 Å². The van der Waals surface area contributed by atoms with Crippen molar-refractivity contribution in [2.45, 2.75) is 83.0 Å². The van der Waals surface area contributed by atoms with Crippen LogP contribution in [0.15, 0.2) is 30.3 Å². The van der Waals surface area contributed by atoms with Crippen LogP contribution in [0.4, 0.5) is 0 Å². The Morgan fingerprint density at radius 3 is 2.59 bits per heavy atom. The Kier molecular flexibility index (Phi) is 6.53. The maximum absolute atomic E-state index is 13.1. The van der Waals surface area contributed by atoms with Crippen LogP contribution >= 0.6 is 0 Å². The summed E-state index contributed by atoms with van der Waals surface area (Å²) >= 11 is 0. The standard InChI is InChI=1S/C22H32N2O3/c1-15(12-13-17-8-4-3-5-9-17)23-16(2)21(25)24-19-11-7-6-10-18(19)14-20(24)22(26)27/h3-5,8-9,15-16,18-20,23H,6-7,10-14H2,1-2H3,(H,26,27)/t15?,16-,18?,19+,20+/m0/s1. The molecule has 1 saturated heterocycles. The summed E-state index contributed by atoms with van der Waals surface area (Å²) in [6.07, 6.45) is 6.75. The van der Waals surface area contributed by atoms with Crippen LogP contribution in [0.1, 0.15) is 57.9 Å². The van der Waals surface area contributed by atoms with Gasteiger partial charge in [0.25, 0.3) is 0 Å². The van der Waals surface area contributed by atoms with E-state index in [4.69, 9.17) is 0 Å². The molecule has 2 fully saturated rings. The molecule has 0 bridgehead atoms. The van der Waals surface area contributed by atoms with Crippen molar-refractivity contribution >= 4 is 11.9 Å². The van der Waals surface area contributed by atoms with Crippen molar-refractivity contribution in [1.82, 2.24) is 10.2 Å². The number of nitrogens with one attached hydrogen (secondary N) is 1. The van der Waals surface area contributed by atoms with Gasteiger partial charge in [-0.1, -0.05) is 43.2 Å². The molecular weight excluding hydrogens is 340 g/mol. The molecule has 1 heterocycles.